The lowest BCUT2D eigenvalue weighted by atomic mass is 10.1. The Morgan fingerprint density at radius 3 is 2.48 bits per heavy atom. The summed E-state index contributed by atoms with van der Waals surface area (Å²) in [4.78, 5) is 0. The molecule has 0 N–H and O–H groups in total. The molecule has 0 atom stereocenters. The van der Waals surface area contributed by atoms with E-state index in [1.165, 1.54) is 6.07 Å². The van der Waals surface area contributed by atoms with Crippen molar-refractivity contribution in [1.82, 2.24) is 10.2 Å². The van der Waals surface area contributed by atoms with E-state index in [1.807, 2.05) is 25.1 Å². The molecule has 0 saturated heterocycles. The first-order valence-corrected chi connectivity index (χ1v) is 6.35. The van der Waals surface area contributed by atoms with Gasteiger partial charge in [-0.2, -0.15) is 13.2 Å². The van der Waals surface area contributed by atoms with Crippen LogP contribution in [0.4, 0.5) is 13.2 Å². The van der Waals surface area contributed by atoms with Gasteiger partial charge in [0.1, 0.15) is 0 Å². The fourth-order valence-corrected chi connectivity index (χ4v) is 2.14. The van der Waals surface area contributed by atoms with Crippen molar-refractivity contribution < 1.29 is 13.2 Å². The van der Waals surface area contributed by atoms with Crippen molar-refractivity contribution in [3.63, 3.8) is 0 Å². The Morgan fingerprint density at radius 2 is 1.71 bits per heavy atom. The molecule has 0 amide bonds. The number of hydrogen-bond acceptors (Lipinski definition) is 2. The second-order valence-corrected chi connectivity index (χ2v) is 4.87. The first-order valence-electron chi connectivity index (χ1n) is 6.35. The van der Waals surface area contributed by atoms with Gasteiger partial charge in [-0.05, 0) is 36.8 Å². The van der Waals surface area contributed by atoms with E-state index in [9.17, 15) is 13.2 Å². The van der Waals surface area contributed by atoms with E-state index in [0.29, 0.717) is 11.3 Å². The van der Waals surface area contributed by atoms with Crippen molar-refractivity contribution in [3.05, 3.63) is 59.7 Å². The zero-order valence-corrected chi connectivity index (χ0v) is 11.1. The lowest BCUT2D eigenvalue weighted by Gasteiger charge is -2.08. The molecule has 0 aliphatic rings. The van der Waals surface area contributed by atoms with E-state index in [2.05, 4.69) is 10.2 Å². The van der Waals surface area contributed by atoms with E-state index < -0.39 is 11.7 Å². The van der Waals surface area contributed by atoms with Gasteiger partial charge in [0.25, 0.3) is 0 Å². The highest BCUT2D eigenvalue weighted by molar-refractivity contribution is 5.82. The summed E-state index contributed by atoms with van der Waals surface area (Å²) in [7, 11) is 0. The van der Waals surface area contributed by atoms with Crippen molar-refractivity contribution in [2.75, 3.05) is 0 Å². The molecule has 0 aliphatic carbocycles. The van der Waals surface area contributed by atoms with Crippen LogP contribution in [0.3, 0.4) is 0 Å². The number of alkyl halides is 3. The first-order chi connectivity index (χ1) is 9.93. The molecule has 2 aromatic carbocycles. The van der Waals surface area contributed by atoms with Crippen LogP contribution in [0.15, 0.2) is 48.5 Å². The first kappa shape index (κ1) is 13.5. The Morgan fingerprint density at radius 1 is 0.905 bits per heavy atom. The number of nitrogens with zero attached hydrogens (tertiary/aromatic N) is 2. The van der Waals surface area contributed by atoms with Gasteiger partial charge >= 0.3 is 6.18 Å². The highest BCUT2D eigenvalue weighted by Gasteiger charge is 2.30. The molecule has 0 saturated carbocycles. The molecule has 1 heterocycles. The predicted octanol–water partition coefficient (Wildman–Crippen LogP) is 4.62. The van der Waals surface area contributed by atoms with E-state index >= 15 is 0 Å². The third kappa shape index (κ3) is 2.72. The molecular formula is C16H11F3N2. The van der Waals surface area contributed by atoms with E-state index in [0.717, 1.165) is 28.6 Å². The summed E-state index contributed by atoms with van der Waals surface area (Å²) >= 11 is 0. The summed E-state index contributed by atoms with van der Waals surface area (Å²) in [6, 6.07) is 12.6. The van der Waals surface area contributed by atoms with Crippen LogP contribution in [0.2, 0.25) is 0 Å². The zero-order valence-electron chi connectivity index (χ0n) is 11.1. The topological polar surface area (TPSA) is 25.8 Å². The molecule has 5 heteroatoms. The number of fused-ring (bicyclic) bond motifs is 1. The van der Waals surface area contributed by atoms with Crippen LogP contribution in [0.25, 0.3) is 22.2 Å². The predicted molar refractivity (Wildman–Crippen MR) is 74.7 cm³/mol. The maximum absolute atomic E-state index is 12.7. The second kappa shape index (κ2) is 4.84. The van der Waals surface area contributed by atoms with Gasteiger partial charge in [0.15, 0.2) is 0 Å². The van der Waals surface area contributed by atoms with E-state index in [-0.39, 0.29) is 0 Å². The smallest absolute Gasteiger partial charge is 0.166 e. The number of aromatic nitrogens is 2. The molecule has 106 valence electrons. The van der Waals surface area contributed by atoms with E-state index in [1.54, 1.807) is 12.1 Å². The molecule has 0 fully saturated rings. The van der Waals surface area contributed by atoms with Crippen LogP contribution in [-0.2, 0) is 6.18 Å². The number of benzene rings is 2. The summed E-state index contributed by atoms with van der Waals surface area (Å²) in [6.45, 7) is 1.95. The SMILES string of the molecule is Cc1ccc2cc(-c3cccc(C(F)(F)F)c3)nnc2c1. The number of hydrogen-bond donors (Lipinski definition) is 0. The lowest BCUT2D eigenvalue weighted by Crippen LogP contribution is -2.04. The van der Waals surface area contributed by atoms with Crippen molar-refractivity contribution in [2.24, 2.45) is 0 Å². The largest absolute Gasteiger partial charge is 0.416 e. The Bertz CT molecular complexity index is 810. The fraction of sp³-hybridized carbons (Fsp3) is 0.125. The molecule has 1 aromatic heterocycles. The Kier molecular flexibility index (Phi) is 3.12. The maximum atomic E-state index is 12.7. The van der Waals surface area contributed by atoms with Gasteiger partial charge in [-0.25, -0.2) is 0 Å². The molecule has 2 nitrogen and oxygen atoms in total. The Labute approximate surface area is 119 Å². The minimum absolute atomic E-state index is 0.403. The van der Waals surface area contributed by atoms with Gasteiger partial charge in [0.05, 0.1) is 16.8 Å². The summed E-state index contributed by atoms with van der Waals surface area (Å²) in [6.07, 6.45) is -4.36. The summed E-state index contributed by atoms with van der Waals surface area (Å²) in [5.74, 6) is 0. The van der Waals surface area contributed by atoms with Crippen LogP contribution in [-0.4, -0.2) is 10.2 Å². The van der Waals surface area contributed by atoms with Crippen LogP contribution >= 0.6 is 0 Å². The van der Waals surface area contributed by atoms with Gasteiger partial charge in [-0.1, -0.05) is 24.3 Å². The Balaban J connectivity index is 2.10. The van der Waals surface area contributed by atoms with Crippen molar-refractivity contribution in [2.45, 2.75) is 13.1 Å². The molecule has 0 spiro atoms. The van der Waals surface area contributed by atoms with Crippen LogP contribution in [0.1, 0.15) is 11.1 Å². The second-order valence-electron chi connectivity index (χ2n) is 4.87. The highest BCUT2D eigenvalue weighted by atomic mass is 19.4. The minimum Gasteiger partial charge on any atom is -0.166 e. The van der Waals surface area contributed by atoms with E-state index in [4.69, 9.17) is 0 Å². The summed E-state index contributed by atoms with van der Waals surface area (Å²) in [5, 5.41) is 8.95. The molecule has 0 radical (unpaired) electrons. The zero-order chi connectivity index (χ0) is 15.0. The molecule has 0 bridgehead atoms. The standard InChI is InChI=1S/C16H11F3N2/c1-10-5-6-12-9-15(21-20-14(12)7-10)11-3-2-4-13(8-11)16(17,18)19/h2-9H,1H3. The normalized spacial score (nSPS) is 11.8. The molecule has 3 rings (SSSR count). The van der Waals surface area contributed by atoms with Crippen LogP contribution in [0.5, 0.6) is 0 Å². The quantitative estimate of drug-likeness (QED) is 0.652. The van der Waals surface area contributed by atoms with Crippen molar-refractivity contribution in [3.8, 4) is 11.3 Å². The third-order valence-electron chi connectivity index (χ3n) is 3.23. The van der Waals surface area contributed by atoms with Crippen LogP contribution < -0.4 is 0 Å². The van der Waals surface area contributed by atoms with Gasteiger partial charge in [0, 0.05) is 10.9 Å². The molecule has 21 heavy (non-hydrogen) atoms. The average Bonchev–Trinajstić information content (AvgIpc) is 2.46. The number of rotatable bonds is 1. The van der Waals surface area contributed by atoms with Gasteiger partial charge in [-0.3, -0.25) is 0 Å². The third-order valence-corrected chi connectivity index (χ3v) is 3.23. The monoisotopic (exact) mass is 288 g/mol. The van der Waals surface area contributed by atoms with Gasteiger partial charge < -0.3 is 0 Å². The number of halogens is 3. The fourth-order valence-electron chi connectivity index (χ4n) is 2.14. The summed E-state index contributed by atoms with van der Waals surface area (Å²) < 4.78 is 38.2. The Hall–Kier alpha value is -2.43. The molecule has 3 aromatic rings. The van der Waals surface area contributed by atoms with Crippen molar-refractivity contribution in [1.29, 1.82) is 0 Å². The van der Waals surface area contributed by atoms with Crippen molar-refractivity contribution >= 4 is 10.9 Å². The van der Waals surface area contributed by atoms with Crippen LogP contribution in [0, 0.1) is 6.92 Å². The lowest BCUT2D eigenvalue weighted by molar-refractivity contribution is -0.137. The molecular weight excluding hydrogens is 277 g/mol. The molecule has 0 aliphatic heterocycles. The van der Waals surface area contributed by atoms with Gasteiger partial charge in [-0.15, -0.1) is 10.2 Å². The average molecular weight is 288 g/mol. The molecule has 0 unspecified atom stereocenters. The number of aryl methyl sites for hydroxylation is 1. The maximum Gasteiger partial charge on any atom is 0.416 e. The minimum atomic E-state index is -4.36. The highest BCUT2D eigenvalue weighted by Crippen LogP contribution is 2.32. The van der Waals surface area contributed by atoms with Gasteiger partial charge in [0.2, 0.25) is 0 Å². The summed E-state index contributed by atoms with van der Waals surface area (Å²) in [5.41, 5.74) is 1.93.